The number of benzene rings is 1. The average molecular weight is 490 g/mol. The predicted molar refractivity (Wildman–Crippen MR) is 120 cm³/mol. The minimum Gasteiger partial charge on any atom is -0.498 e. The molecule has 1 aromatic carbocycles. The van der Waals surface area contributed by atoms with Crippen LogP contribution in [0.4, 0.5) is 5.69 Å². The highest BCUT2D eigenvalue weighted by Gasteiger charge is 2.55. The number of carbonyl (C=O) groups excluding carboxylic acids is 3. The Labute approximate surface area is 196 Å². The van der Waals surface area contributed by atoms with Crippen molar-refractivity contribution in [3.63, 3.8) is 0 Å². The summed E-state index contributed by atoms with van der Waals surface area (Å²) in [6, 6.07) is 8.58. The first kappa shape index (κ1) is 22.8. The number of nitro benzene ring substituents is 1. The molecule has 0 aliphatic carbocycles. The minimum absolute atomic E-state index is 0.0110. The second-order valence-corrected chi connectivity index (χ2v) is 9.32. The largest absolute Gasteiger partial charge is 0.498 e. The summed E-state index contributed by atoms with van der Waals surface area (Å²) in [5, 5.41) is 15.0. The number of thioether (sulfide) groups is 1. The van der Waals surface area contributed by atoms with Gasteiger partial charge in [-0.2, -0.15) is 0 Å². The molecule has 1 aromatic heterocycles. The predicted octanol–water partition coefficient (Wildman–Crippen LogP) is 2.20. The van der Waals surface area contributed by atoms with E-state index >= 15 is 0 Å². The zero-order chi connectivity index (χ0) is 23.5. The molecule has 1 saturated heterocycles. The van der Waals surface area contributed by atoms with Crippen molar-refractivity contribution in [1.82, 2.24) is 10.2 Å². The van der Waals surface area contributed by atoms with Crippen LogP contribution in [0.5, 0.6) is 0 Å². The van der Waals surface area contributed by atoms with Crippen LogP contribution in [-0.4, -0.2) is 51.9 Å². The van der Waals surface area contributed by atoms with Crippen molar-refractivity contribution < 1.29 is 28.8 Å². The molecule has 1 fully saturated rings. The molecular formula is C21H19N3O7S2. The standard InChI is InChI=1S/C21H19N3O7S2/c1-30-15-11-33-20-17(22-16(25)9-14-3-2-8-32-14)19(26)23(20)18(15)21(27)31-10-12-4-6-13(7-5-12)24(28)29/h2-8,17,20H,9-11H2,1H3,(H,22,25)/t17?,20-/m0/s1. The lowest BCUT2D eigenvalue weighted by atomic mass is 10.0. The number of esters is 1. The number of β-lactam (4-membered cyclic amide) rings is 1. The third-order valence-corrected chi connectivity index (χ3v) is 7.25. The highest BCUT2D eigenvalue weighted by Crippen LogP contribution is 2.40. The first-order chi connectivity index (χ1) is 15.9. The van der Waals surface area contributed by atoms with E-state index in [9.17, 15) is 24.5 Å². The fourth-order valence-corrected chi connectivity index (χ4v) is 5.48. The van der Waals surface area contributed by atoms with Gasteiger partial charge in [-0.25, -0.2) is 4.79 Å². The number of ether oxygens (including phenoxy) is 2. The summed E-state index contributed by atoms with van der Waals surface area (Å²) >= 11 is 2.85. The van der Waals surface area contributed by atoms with E-state index in [0.717, 1.165) is 4.88 Å². The molecule has 0 spiro atoms. The van der Waals surface area contributed by atoms with Crippen LogP contribution in [-0.2, 0) is 36.9 Å². The molecule has 2 aromatic rings. The maximum atomic E-state index is 12.8. The Bertz CT molecular complexity index is 1120. The SMILES string of the molecule is COC1=C(C(=O)OCc2ccc([N+](=O)[O-])cc2)N2C(=O)C(NC(=O)Cc3cccs3)[C@@H]2SC1. The number of nitrogens with zero attached hydrogens (tertiary/aromatic N) is 2. The van der Waals surface area contributed by atoms with Gasteiger partial charge in [0.1, 0.15) is 23.8 Å². The summed E-state index contributed by atoms with van der Waals surface area (Å²) < 4.78 is 10.7. The lowest BCUT2D eigenvalue weighted by molar-refractivity contribution is -0.384. The summed E-state index contributed by atoms with van der Waals surface area (Å²) in [5.41, 5.74) is 0.501. The number of fused-ring (bicyclic) bond motifs is 1. The smallest absolute Gasteiger partial charge is 0.358 e. The van der Waals surface area contributed by atoms with Crippen LogP contribution in [0.25, 0.3) is 0 Å². The Balaban J connectivity index is 1.41. The van der Waals surface area contributed by atoms with Crippen LogP contribution in [0.15, 0.2) is 53.2 Å². The first-order valence-electron chi connectivity index (χ1n) is 9.83. The van der Waals surface area contributed by atoms with Crippen molar-refractivity contribution in [2.45, 2.75) is 24.4 Å². The molecule has 1 N–H and O–H groups in total. The number of methoxy groups -OCH3 is 1. The molecule has 172 valence electrons. The van der Waals surface area contributed by atoms with Gasteiger partial charge in [0.15, 0.2) is 5.70 Å². The quantitative estimate of drug-likeness (QED) is 0.259. The molecule has 2 amide bonds. The van der Waals surface area contributed by atoms with Crippen molar-refractivity contribution in [3.8, 4) is 0 Å². The third-order valence-electron chi connectivity index (χ3n) is 5.12. The normalized spacial score (nSPS) is 19.4. The number of carbonyl (C=O) groups is 3. The van der Waals surface area contributed by atoms with Crippen molar-refractivity contribution in [2.75, 3.05) is 12.9 Å². The first-order valence-corrected chi connectivity index (χ1v) is 11.8. The molecule has 4 rings (SSSR count). The van der Waals surface area contributed by atoms with Gasteiger partial charge in [-0.1, -0.05) is 6.07 Å². The molecule has 2 atom stereocenters. The van der Waals surface area contributed by atoms with Crippen molar-refractivity contribution in [1.29, 1.82) is 0 Å². The zero-order valence-electron chi connectivity index (χ0n) is 17.4. The fourth-order valence-electron chi connectivity index (χ4n) is 3.46. The van der Waals surface area contributed by atoms with Gasteiger partial charge in [0, 0.05) is 17.0 Å². The van der Waals surface area contributed by atoms with E-state index < -0.39 is 28.2 Å². The van der Waals surface area contributed by atoms with E-state index in [1.165, 1.54) is 59.4 Å². The molecule has 1 unspecified atom stereocenters. The number of thiophene rings is 1. The number of amides is 2. The second kappa shape index (κ2) is 9.63. The Morgan fingerprint density at radius 1 is 1.27 bits per heavy atom. The van der Waals surface area contributed by atoms with Gasteiger partial charge < -0.3 is 14.8 Å². The van der Waals surface area contributed by atoms with Crippen LogP contribution in [0.1, 0.15) is 10.4 Å². The van der Waals surface area contributed by atoms with Gasteiger partial charge in [0.25, 0.3) is 11.6 Å². The van der Waals surface area contributed by atoms with Crippen molar-refractivity contribution in [3.05, 3.63) is 73.8 Å². The average Bonchev–Trinajstić information content (AvgIpc) is 3.33. The van der Waals surface area contributed by atoms with Crippen LogP contribution in [0.2, 0.25) is 0 Å². The number of hydrogen-bond donors (Lipinski definition) is 1. The molecule has 12 heteroatoms. The summed E-state index contributed by atoms with van der Waals surface area (Å²) in [5.74, 6) is -0.776. The number of non-ortho nitro benzene ring substituents is 1. The highest BCUT2D eigenvalue weighted by molar-refractivity contribution is 8.00. The molecule has 0 saturated carbocycles. The monoisotopic (exact) mass is 489 g/mol. The van der Waals surface area contributed by atoms with Gasteiger partial charge in [-0.15, -0.1) is 23.1 Å². The Hall–Kier alpha value is -3.38. The maximum Gasteiger partial charge on any atom is 0.358 e. The van der Waals surface area contributed by atoms with Crippen LogP contribution < -0.4 is 5.32 Å². The Morgan fingerprint density at radius 2 is 2.03 bits per heavy atom. The van der Waals surface area contributed by atoms with E-state index in [1.54, 1.807) is 0 Å². The van der Waals surface area contributed by atoms with E-state index in [2.05, 4.69) is 5.32 Å². The number of rotatable bonds is 8. The van der Waals surface area contributed by atoms with E-state index in [4.69, 9.17) is 9.47 Å². The van der Waals surface area contributed by atoms with E-state index in [0.29, 0.717) is 17.1 Å². The fraction of sp³-hybridized carbons (Fsp3) is 0.286. The molecule has 2 aliphatic heterocycles. The summed E-state index contributed by atoms with van der Waals surface area (Å²) in [6.07, 6.45) is 0.183. The molecule has 0 radical (unpaired) electrons. The van der Waals surface area contributed by atoms with Crippen LogP contribution in [0, 0.1) is 10.1 Å². The highest BCUT2D eigenvalue weighted by atomic mass is 32.2. The van der Waals surface area contributed by atoms with Gasteiger partial charge >= 0.3 is 5.97 Å². The van der Waals surface area contributed by atoms with Crippen LogP contribution in [0.3, 0.4) is 0 Å². The summed E-state index contributed by atoms with van der Waals surface area (Å²) in [7, 11) is 1.41. The summed E-state index contributed by atoms with van der Waals surface area (Å²) in [6.45, 7) is -0.127. The van der Waals surface area contributed by atoms with E-state index in [1.807, 2.05) is 17.5 Å². The maximum absolute atomic E-state index is 12.8. The molecule has 0 bridgehead atoms. The van der Waals surface area contributed by atoms with E-state index in [-0.39, 0.29) is 30.3 Å². The molecule has 10 nitrogen and oxygen atoms in total. The van der Waals surface area contributed by atoms with Gasteiger partial charge in [-0.05, 0) is 29.1 Å². The lowest BCUT2D eigenvalue weighted by Gasteiger charge is -2.49. The van der Waals surface area contributed by atoms with Gasteiger partial charge in [-0.3, -0.25) is 24.6 Å². The molecule has 2 aliphatic rings. The molecule has 3 heterocycles. The van der Waals surface area contributed by atoms with Crippen molar-refractivity contribution >= 4 is 46.6 Å². The summed E-state index contributed by atoms with van der Waals surface area (Å²) in [4.78, 5) is 50.4. The molecule has 33 heavy (non-hydrogen) atoms. The van der Waals surface area contributed by atoms with Crippen LogP contribution >= 0.6 is 23.1 Å². The number of nitro groups is 1. The molecular weight excluding hydrogens is 470 g/mol. The lowest BCUT2D eigenvalue weighted by Crippen LogP contribution is -2.70. The van der Waals surface area contributed by atoms with Gasteiger partial charge in [0.2, 0.25) is 5.91 Å². The minimum atomic E-state index is -0.743. The number of nitrogens with one attached hydrogen (secondary N) is 1. The zero-order valence-corrected chi connectivity index (χ0v) is 19.0. The second-order valence-electron chi connectivity index (χ2n) is 7.19. The topological polar surface area (TPSA) is 128 Å². The third kappa shape index (κ3) is 4.71. The Kier molecular flexibility index (Phi) is 6.65. The number of hydrogen-bond acceptors (Lipinski definition) is 9. The Morgan fingerprint density at radius 3 is 2.67 bits per heavy atom. The van der Waals surface area contributed by atoms with Crippen molar-refractivity contribution in [2.24, 2.45) is 0 Å². The van der Waals surface area contributed by atoms with Gasteiger partial charge in [0.05, 0.1) is 24.2 Å².